The van der Waals surface area contributed by atoms with Gasteiger partial charge >= 0.3 is 0 Å². The van der Waals surface area contributed by atoms with Gasteiger partial charge in [0.1, 0.15) is 18.0 Å². The zero-order valence-electron chi connectivity index (χ0n) is 13.8. The molecule has 0 atom stereocenters. The van der Waals surface area contributed by atoms with Crippen LogP contribution in [0.4, 0.5) is 10.2 Å². The van der Waals surface area contributed by atoms with Crippen molar-refractivity contribution in [3.8, 4) is 0 Å². The number of carbonyl (C=O) groups excluding carboxylic acids is 1. The molecule has 3 aromatic rings. The van der Waals surface area contributed by atoms with Crippen molar-refractivity contribution in [1.82, 2.24) is 24.5 Å². The molecule has 0 N–H and O–H groups in total. The van der Waals surface area contributed by atoms with E-state index < -0.39 is 0 Å². The summed E-state index contributed by atoms with van der Waals surface area (Å²) in [6.45, 7) is 3.92. The molecule has 0 bridgehead atoms. The number of aryl methyl sites for hydroxylation is 1. The monoisotopic (exact) mass is 340 g/mol. The largest absolute Gasteiger partial charge is 0.345 e. The van der Waals surface area contributed by atoms with Crippen molar-refractivity contribution in [2.75, 3.05) is 24.5 Å². The van der Waals surface area contributed by atoms with Crippen molar-refractivity contribution in [2.45, 2.75) is 13.5 Å². The Morgan fingerprint density at radius 3 is 2.76 bits per heavy atom. The van der Waals surface area contributed by atoms with E-state index in [1.807, 2.05) is 17.9 Å². The fraction of sp³-hybridized carbons (Fsp3) is 0.294. The molecule has 0 aliphatic carbocycles. The molecule has 128 valence electrons. The number of anilines is 1. The molecule has 0 unspecified atom stereocenters. The van der Waals surface area contributed by atoms with Crippen molar-refractivity contribution in [3.63, 3.8) is 0 Å². The van der Waals surface area contributed by atoms with Gasteiger partial charge in [0.05, 0.1) is 6.54 Å². The molecule has 1 aromatic carbocycles. The molecule has 4 rings (SSSR count). The maximum absolute atomic E-state index is 13.0. The van der Waals surface area contributed by atoms with E-state index in [-0.39, 0.29) is 18.3 Å². The SMILES string of the molecule is Cc1cc(N2CCN(Cc3ccc(F)cc3)C(=O)C2)n2ncnc2n1. The molecule has 1 aliphatic rings. The summed E-state index contributed by atoms with van der Waals surface area (Å²) in [5.41, 5.74) is 1.75. The number of amides is 1. The Bertz CT molecular complexity index is 923. The second-order valence-corrected chi connectivity index (χ2v) is 6.09. The van der Waals surface area contributed by atoms with Crippen LogP contribution in [0.5, 0.6) is 0 Å². The van der Waals surface area contributed by atoms with Crippen LogP contribution in [0, 0.1) is 12.7 Å². The van der Waals surface area contributed by atoms with E-state index in [0.717, 1.165) is 17.1 Å². The molecule has 0 radical (unpaired) electrons. The van der Waals surface area contributed by atoms with Crippen molar-refractivity contribution >= 4 is 17.5 Å². The van der Waals surface area contributed by atoms with E-state index >= 15 is 0 Å². The van der Waals surface area contributed by atoms with Gasteiger partial charge in [-0.3, -0.25) is 4.79 Å². The maximum Gasteiger partial charge on any atom is 0.254 e. The van der Waals surface area contributed by atoms with Crippen LogP contribution in [0.15, 0.2) is 36.7 Å². The molecule has 0 saturated carbocycles. The number of fused-ring (bicyclic) bond motifs is 1. The zero-order valence-corrected chi connectivity index (χ0v) is 13.8. The number of carbonyl (C=O) groups is 1. The summed E-state index contributed by atoms with van der Waals surface area (Å²) in [5.74, 6) is 1.09. The van der Waals surface area contributed by atoms with Crippen LogP contribution < -0.4 is 4.90 Å². The Labute approximate surface area is 143 Å². The standard InChI is InChI=1S/C17H17FN6O/c1-12-8-15(24-17(21-12)19-11-20-24)22-6-7-23(16(25)10-22)9-13-2-4-14(18)5-3-13/h2-5,8,11H,6-7,9-10H2,1H3. The minimum absolute atomic E-state index is 0.0262. The van der Waals surface area contributed by atoms with Crippen LogP contribution in [0.25, 0.3) is 5.78 Å². The topological polar surface area (TPSA) is 66.6 Å². The second-order valence-electron chi connectivity index (χ2n) is 6.09. The first-order chi connectivity index (χ1) is 12.1. The van der Waals surface area contributed by atoms with Gasteiger partial charge in [-0.1, -0.05) is 12.1 Å². The van der Waals surface area contributed by atoms with Gasteiger partial charge in [0, 0.05) is 31.4 Å². The first-order valence-corrected chi connectivity index (χ1v) is 8.05. The summed E-state index contributed by atoms with van der Waals surface area (Å²) in [6.07, 6.45) is 1.46. The predicted octanol–water partition coefficient (Wildman–Crippen LogP) is 1.42. The van der Waals surface area contributed by atoms with Gasteiger partial charge in [-0.05, 0) is 24.6 Å². The molecule has 25 heavy (non-hydrogen) atoms. The molecular formula is C17H17FN6O. The Kier molecular flexibility index (Phi) is 3.79. The number of benzene rings is 1. The lowest BCUT2D eigenvalue weighted by Gasteiger charge is -2.35. The molecule has 3 heterocycles. The quantitative estimate of drug-likeness (QED) is 0.721. The minimum atomic E-state index is -0.273. The fourth-order valence-electron chi connectivity index (χ4n) is 3.02. The van der Waals surface area contributed by atoms with Gasteiger partial charge in [-0.2, -0.15) is 14.6 Å². The Balaban J connectivity index is 1.52. The van der Waals surface area contributed by atoms with Crippen molar-refractivity contribution < 1.29 is 9.18 Å². The van der Waals surface area contributed by atoms with Crippen LogP contribution in [-0.4, -0.2) is 50.0 Å². The van der Waals surface area contributed by atoms with Gasteiger partial charge < -0.3 is 9.80 Å². The number of nitrogens with zero attached hydrogens (tertiary/aromatic N) is 6. The number of hydrogen-bond donors (Lipinski definition) is 0. The third-order valence-corrected chi connectivity index (χ3v) is 4.29. The molecule has 1 aliphatic heterocycles. The number of hydrogen-bond acceptors (Lipinski definition) is 5. The van der Waals surface area contributed by atoms with E-state index in [1.54, 1.807) is 21.5 Å². The second kappa shape index (κ2) is 6.12. The smallest absolute Gasteiger partial charge is 0.254 e. The lowest BCUT2D eigenvalue weighted by atomic mass is 10.2. The zero-order chi connectivity index (χ0) is 17.4. The summed E-state index contributed by atoms with van der Waals surface area (Å²) in [6, 6.07) is 8.15. The molecule has 8 heteroatoms. The number of rotatable bonds is 3. The highest BCUT2D eigenvalue weighted by Gasteiger charge is 2.26. The summed E-state index contributed by atoms with van der Waals surface area (Å²) in [7, 11) is 0. The van der Waals surface area contributed by atoms with Gasteiger partial charge in [0.2, 0.25) is 5.91 Å². The Morgan fingerprint density at radius 1 is 1.20 bits per heavy atom. The van der Waals surface area contributed by atoms with Crippen molar-refractivity contribution in [1.29, 1.82) is 0 Å². The molecule has 2 aromatic heterocycles. The summed E-state index contributed by atoms with van der Waals surface area (Å²) in [5, 5.41) is 4.20. The van der Waals surface area contributed by atoms with E-state index in [9.17, 15) is 9.18 Å². The predicted molar refractivity (Wildman–Crippen MR) is 89.5 cm³/mol. The summed E-state index contributed by atoms with van der Waals surface area (Å²) < 4.78 is 14.7. The van der Waals surface area contributed by atoms with Crippen molar-refractivity contribution in [2.24, 2.45) is 0 Å². The first kappa shape index (κ1) is 15.5. The van der Waals surface area contributed by atoms with E-state index in [4.69, 9.17) is 0 Å². The van der Waals surface area contributed by atoms with Crippen LogP contribution in [0.2, 0.25) is 0 Å². The van der Waals surface area contributed by atoms with E-state index in [1.165, 1.54) is 18.5 Å². The number of piperazine rings is 1. The molecule has 1 amide bonds. The molecule has 1 saturated heterocycles. The van der Waals surface area contributed by atoms with Gasteiger partial charge in [-0.25, -0.2) is 9.37 Å². The molecule has 0 spiro atoms. The van der Waals surface area contributed by atoms with Gasteiger partial charge in [0.15, 0.2) is 0 Å². The minimum Gasteiger partial charge on any atom is -0.345 e. The van der Waals surface area contributed by atoms with Crippen LogP contribution in [0.3, 0.4) is 0 Å². The molecule has 1 fully saturated rings. The van der Waals surface area contributed by atoms with E-state index in [2.05, 4.69) is 15.1 Å². The highest BCUT2D eigenvalue weighted by Crippen LogP contribution is 2.19. The van der Waals surface area contributed by atoms with Gasteiger partial charge in [-0.15, -0.1) is 0 Å². The van der Waals surface area contributed by atoms with Crippen LogP contribution in [-0.2, 0) is 11.3 Å². The van der Waals surface area contributed by atoms with E-state index in [0.29, 0.717) is 25.4 Å². The normalized spacial score (nSPS) is 15.2. The van der Waals surface area contributed by atoms with Crippen LogP contribution in [0.1, 0.15) is 11.3 Å². The first-order valence-electron chi connectivity index (χ1n) is 8.05. The molecular weight excluding hydrogens is 323 g/mol. The third-order valence-electron chi connectivity index (χ3n) is 4.29. The number of aromatic nitrogens is 4. The van der Waals surface area contributed by atoms with Gasteiger partial charge in [0.25, 0.3) is 5.78 Å². The third kappa shape index (κ3) is 3.02. The van der Waals surface area contributed by atoms with Crippen LogP contribution >= 0.6 is 0 Å². The average molecular weight is 340 g/mol. The lowest BCUT2D eigenvalue weighted by Crippen LogP contribution is -2.50. The summed E-state index contributed by atoms with van der Waals surface area (Å²) >= 11 is 0. The fourth-order valence-corrected chi connectivity index (χ4v) is 3.02. The lowest BCUT2D eigenvalue weighted by molar-refractivity contribution is -0.131. The maximum atomic E-state index is 13.0. The Morgan fingerprint density at radius 2 is 2.00 bits per heavy atom. The summed E-state index contributed by atoms with van der Waals surface area (Å²) in [4.78, 5) is 24.8. The Hall–Kier alpha value is -3.03. The number of halogens is 1. The average Bonchev–Trinajstić information content (AvgIpc) is 3.06. The highest BCUT2D eigenvalue weighted by atomic mass is 19.1. The highest BCUT2D eigenvalue weighted by molar-refractivity contribution is 5.82. The molecule has 7 nitrogen and oxygen atoms in total. The van der Waals surface area contributed by atoms with Crippen molar-refractivity contribution in [3.05, 3.63) is 53.7 Å².